The Bertz CT molecular complexity index is 1000. The van der Waals surface area contributed by atoms with Gasteiger partial charge in [-0.05, 0) is 43.5 Å². The quantitative estimate of drug-likeness (QED) is 0.716. The van der Waals surface area contributed by atoms with Gasteiger partial charge in [-0.1, -0.05) is 23.4 Å². The fourth-order valence-corrected chi connectivity index (χ4v) is 3.46. The van der Waals surface area contributed by atoms with Crippen LogP contribution in [-0.2, 0) is 19.6 Å². The number of hydrogen-bond donors (Lipinski definition) is 1. The average molecular weight is 393 g/mol. The molecule has 1 aliphatic heterocycles. The number of urea groups is 1. The van der Waals surface area contributed by atoms with Crippen molar-refractivity contribution in [1.29, 1.82) is 0 Å². The summed E-state index contributed by atoms with van der Waals surface area (Å²) in [5, 5.41) is 7.00. The molecule has 4 rings (SSSR count). The van der Waals surface area contributed by atoms with E-state index in [1.807, 2.05) is 50.4 Å². The van der Waals surface area contributed by atoms with Gasteiger partial charge in [0.2, 0.25) is 5.82 Å². The maximum absolute atomic E-state index is 12.2. The standard InChI is InChI=1S/C21H23N5O3/c1-3-22-21(27)26-10-9-17-15(12-26)11-23-14(2)19(17)20-24-18(29-25-20)13-28-16-7-5-4-6-8-16/h4-8,11H,3,9-10,12-13H2,1-2H3,(H,22,27). The van der Waals surface area contributed by atoms with Gasteiger partial charge in [0.25, 0.3) is 5.89 Å². The third-order valence-electron chi connectivity index (χ3n) is 4.87. The van der Waals surface area contributed by atoms with Gasteiger partial charge in [-0.15, -0.1) is 0 Å². The van der Waals surface area contributed by atoms with Crippen LogP contribution < -0.4 is 10.1 Å². The van der Waals surface area contributed by atoms with Crippen molar-refractivity contribution < 1.29 is 14.1 Å². The molecule has 2 amide bonds. The van der Waals surface area contributed by atoms with E-state index in [1.165, 1.54) is 0 Å². The number of fused-ring (bicyclic) bond motifs is 1. The van der Waals surface area contributed by atoms with Crippen molar-refractivity contribution >= 4 is 6.03 Å². The van der Waals surface area contributed by atoms with Crippen molar-refractivity contribution in [2.24, 2.45) is 0 Å². The fraction of sp³-hybridized carbons (Fsp3) is 0.333. The minimum Gasteiger partial charge on any atom is -0.484 e. The number of hydrogen-bond acceptors (Lipinski definition) is 6. The van der Waals surface area contributed by atoms with Crippen molar-refractivity contribution in [2.75, 3.05) is 13.1 Å². The van der Waals surface area contributed by atoms with Crippen molar-refractivity contribution in [2.45, 2.75) is 33.4 Å². The number of ether oxygens (including phenoxy) is 1. The lowest BCUT2D eigenvalue weighted by molar-refractivity contribution is 0.193. The molecule has 0 atom stereocenters. The van der Waals surface area contributed by atoms with Crippen molar-refractivity contribution in [3.63, 3.8) is 0 Å². The number of pyridine rings is 1. The first kappa shape index (κ1) is 18.9. The molecule has 3 aromatic rings. The van der Waals surface area contributed by atoms with Crippen LogP contribution in [0.2, 0.25) is 0 Å². The summed E-state index contributed by atoms with van der Waals surface area (Å²) in [6.07, 6.45) is 2.55. The number of rotatable bonds is 5. The van der Waals surface area contributed by atoms with Crippen molar-refractivity contribution in [3.05, 3.63) is 59.2 Å². The number of amides is 2. The number of carbonyl (C=O) groups excluding carboxylic acids is 1. The van der Waals surface area contributed by atoms with E-state index in [-0.39, 0.29) is 12.6 Å². The Kier molecular flexibility index (Phi) is 5.41. The molecule has 150 valence electrons. The van der Waals surface area contributed by atoms with Gasteiger partial charge in [-0.3, -0.25) is 4.98 Å². The molecule has 0 aliphatic carbocycles. The summed E-state index contributed by atoms with van der Waals surface area (Å²) in [5.74, 6) is 1.65. The van der Waals surface area contributed by atoms with E-state index in [2.05, 4.69) is 20.4 Å². The van der Waals surface area contributed by atoms with Crippen LogP contribution in [-0.4, -0.2) is 39.1 Å². The summed E-state index contributed by atoms with van der Waals surface area (Å²) in [5.41, 5.74) is 3.85. The van der Waals surface area contributed by atoms with E-state index in [0.717, 1.165) is 34.6 Å². The minimum absolute atomic E-state index is 0.0554. The maximum Gasteiger partial charge on any atom is 0.317 e. The van der Waals surface area contributed by atoms with Gasteiger partial charge >= 0.3 is 6.03 Å². The Labute approximate surface area is 168 Å². The molecule has 1 aromatic carbocycles. The predicted octanol–water partition coefficient (Wildman–Crippen LogP) is 3.11. The Balaban J connectivity index is 1.54. The zero-order valence-electron chi connectivity index (χ0n) is 16.5. The van der Waals surface area contributed by atoms with Gasteiger partial charge in [0, 0.05) is 37.1 Å². The summed E-state index contributed by atoms with van der Waals surface area (Å²) in [6, 6.07) is 9.44. The number of nitrogens with zero attached hydrogens (tertiary/aromatic N) is 4. The molecule has 2 aromatic heterocycles. The highest BCUT2D eigenvalue weighted by Gasteiger charge is 2.26. The maximum atomic E-state index is 12.2. The number of benzene rings is 1. The van der Waals surface area contributed by atoms with Gasteiger partial charge in [0.1, 0.15) is 5.75 Å². The minimum atomic E-state index is -0.0554. The monoisotopic (exact) mass is 393 g/mol. The van der Waals surface area contributed by atoms with Gasteiger partial charge in [-0.25, -0.2) is 4.79 Å². The molecule has 0 unspecified atom stereocenters. The molecule has 0 bridgehead atoms. The second kappa shape index (κ2) is 8.30. The van der Waals surface area contributed by atoms with E-state index in [0.29, 0.717) is 31.3 Å². The highest BCUT2D eigenvalue weighted by molar-refractivity contribution is 5.75. The van der Waals surface area contributed by atoms with E-state index in [1.54, 1.807) is 4.90 Å². The Morgan fingerprint density at radius 1 is 1.31 bits per heavy atom. The normalized spacial score (nSPS) is 13.1. The first-order valence-corrected chi connectivity index (χ1v) is 9.66. The van der Waals surface area contributed by atoms with E-state index in [9.17, 15) is 4.79 Å². The van der Waals surface area contributed by atoms with Crippen LogP contribution in [0.5, 0.6) is 5.75 Å². The topological polar surface area (TPSA) is 93.4 Å². The fourth-order valence-electron chi connectivity index (χ4n) is 3.46. The molecule has 3 heterocycles. The highest BCUT2D eigenvalue weighted by atomic mass is 16.5. The SMILES string of the molecule is CCNC(=O)N1CCc2c(cnc(C)c2-c2noc(COc3ccccc3)n2)C1. The third kappa shape index (κ3) is 4.06. The summed E-state index contributed by atoms with van der Waals surface area (Å²) in [4.78, 5) is 23.0. The largest absolute Gasteiger partial charge is 0.484 e. The molecule has 1 aliphatic rings. The van der Waals surface area contributed by atoms with Gasteiger partial charge < -0.3 is 19.5 Å². The lowest BCUT2D eigenvalue weighted by Crippen LogP contribution is -2.42. The second-order valence-corrected chi connectivity index (χ2v) is 6.84. The Morgan fingerprint density at radius 2 is 2.14 bits per heavy atom. The first-order valence-electron chi connectivity index (χ1n) is 9.66. The molecule has 0 spiro atoms. The summed E-state index contributed by atoms with van der Waals surface area (Å²) >= 11 is 0. The number of aromatic nitrogens is 3. The second-order valence-electron chi connectivity index (χ2n) is 6.84. The lowest BCUT2D eigenvalue weighted by atomic mass is 9.95. The van der Waals surface area contributed by atoms with E-state index < -0.39 is 0 Å². The molecule has 1 N–H and O–H groups in total. The van der Waals surface area contributed by atoms with Crippen molar-refractivity contribution in [1.82, 2.24) is 25.3 Å². The summed E-state index contributed by atoms with van der Waals surface area (Å²) in [7, 11) is 0. The molecule has 0 saturated heterocycles. The zero-order valence-corrected chi connectivity index (χ0v) is 16.5. The molecule has 29 heavy (non-hydrogen) atoms. The van der Waals surface area contributed by atoms with Crippen LogP contribution in [0.3, 0.4) is 0 Å². The molecular weight excluding hydrogens is 370 g/mol. The Hall–Kier alpha value is -3.42. The van der Waals surface area contributed by atoms with Crippen LogP contribution in [0.25, 0.3) is 11.4 Å². The molecule has 8 heteroatoms. The summed E-state index contributed by atoms with van der Waals surface area (Å²) in [6.45, 7) is 5.80. The van der Waals surface area contributed by atoms with E-state index in [4.69, 9.17) is 9.26 Å². The van der Waals surface area contributed by atoms with Gasteiger partial charge in [0.05, 0.1) is 0 Å². The Morgan fingerprint density at radius 3 is 2.93 bits per heavy atom. The highest BCUT2D eigenvalue weighted by Crippen LogP contribution is 2.30. The molecule has 0 radical (unpaired) electrons. The zero-order chi connectivity index (χ0) is 20.2. The number of nitrogens with one attached hydrogen (secondary N) is 1. The first-order chi connectivity index (χ1) is 14.2. The molecule has 0 fully saturated rings. The number of carbonyl (C=O) groups is 1. The number of aryl methyl sites for hydroxylation is 1. The smallest absolute Gasteiger partial charge is 0.317 e. The number of para-hydroxylation sites is 1. The average Bonchev–Trinajstić information content (AvgIpc) is 3.21. The third-order valence-corrected chi connectivity index (χ3v) is 4.87. The summed E-state index contributed by atoms with van der Waals surface area (Å²) < 4.78 is 11.1. The molecule has 8 nitrogen and oxygen atoms in total. The van der Waals surface area contributed by atoms with Gasteiger partial charge in [0.15, 0.2) is 6.61 Å². The molecular formula is C21H23N5O3. The van der Waals surface area contributed by atoms with Crippen LogP contribution in [0, 0.1) is 6.92 Å². The van der Waals surface area contributed by atoms with Crippen LogP contribution >= 0.6 is 0 Å². The predicted molar refractivity (Wildman–Crippen MR) is 106 cm³/mol. The van der Waals surface area contributed by atoms with Crippen LogP contribution in [0.4, 0.5) is 4.79 Å². The van der Waals surface area contributed by atoms with Gasteiger partial charge in [-0.2, -0.15) is 4.98 Å². The lowest BCUT2D eigenvalue weighted by Gasteiger charge is -2.29. The van der Waals surface area contributed by atoms with E-state index >= 15 is 0 Å². The van der Waals surface area contributed by atoms with Crippen molar-refractivity contribution in [3.8, 4) is 17.1 Å². The van der Waals surface area contributed by atoms with Crippen LogP contribution in [0.1, 0.15) is 29.6 Å². The molecule has 0 saturated carbocycles. The van der Waals surface area contributed by atoms with Crippen LogP contribution in [0.15, 0.2) is 41.1 Å².